The van der Waals surface area contributed by atoms with E-state index in [-0.39, 0.29) is 11.2 Å². The minimum absolute atomic E-state index is 0.195. The van der Waals surface area contributed by atoms with E-state index in [0.717, 1.165) is 17.0 Å². The molecule has 0 radical (unpaired) electrons. The summed E-state index contributed by atoms with van der Waals surface area (Å²) in [5.41, 5.74) is 0.181. The van der Waals surface area contributed by atoms with E-state index in [2.05, 4.69) is 5.32 Å². The van der Waals surface area contributed by atoms with Crippen LogP contribution in [-0.4, -0.2) is 15.7 Å². The molecule has 1 N–H and O–H groups in total. The Labute approximate surface area is 113 Å². The van der Waals surface area contributed by atoms with Crippen LogP contribution in [0.15, 0.2) is 15.8 Å². The zero-order valence-electron chi connectivity index (χ0n) is 11.8. The Morgan fingerprint density at radius 2 is 1.89 bits per heavy atom. The largest absolute Gasteiger partial charge is 0.330 e. The summed E-state index contributed by atoms with van der Waals surface area (Å²) in [6.45, 7) is 1.50. The van der Waals surface area contributed by atoms with Crippen molar-refractivity contribution in [3.8, 4) is 0 Å². The SMILES string of the molecule is Cn1cc(CNCC2CCCCC2)c(=O)n(C)c1=O. The topological polar surface area (TPSA) is 56.0 Å². The lowest BCUT2D eigenvalue weighted by molar-refractivity contribution is 0.341. The van der Waals surface area contributed by atoms with Crippen molar-refractivity contribution in [2.45, 2.75) is 38.6 Å². The van der Waals surface area contributed by atoms with Crippen LogP contribution in [-0.2, 0) is 20.6 Å². The van der Waals surface area contributed by atoms with Gasteiger partial charge < -0.3 is 9.88 Å². The number of hydrogen-bond donors (Lipinski definition) is 1. The van der Waals surface area contributed by atoms with Gasteiger partial charge in [-0.1, -0.05) is 19.3 Å². The second-order valence-electron chi connectivity index (χ2n) is 5.55. The maximum absolute atomic E-state index is 11.9. The third kappa shape index (κ3) is 3.35. The minimum atomic E-state index is -0.277. The number of nitrogens with one attached hydrogen (secondary N) is 1. The smallest absolute Gasteiger partial charge is 0.312 e. The number of nitrogens with zero attached hydrogens (tertiary/aromatic N) is 2. The average Bonchev–Trinajstić information content (AvgIpc) is 2.43. The first kappa shape index (κ1) is 14.1. The van der Waals surface area contributed by atoms with Crippen LogP contribution in [0, 0.1) is 5.92 Å². The molecule has 0 bridgehead atoms. The molecule has 0 aliphatic heterocycles. The van der Waals surface area contributed by atoms with Crippen molar-refractivity contribution < 1.29 is 0 Å². The Morgan fingerprint density at radius 1 is 1.21 bits per heavy atom. The first-order valence-corrected chi connectivity index (χ1v) is 7.06. The lowest BCUT2D eigenvalue weighted by Gasteiger charge is -2.21. The molecule has 0 unspecified atom stereocenters. The molecule has 1 aliphatic rings. The molecule has 1 aliphatic carbocycles. The van der Waals surface area contributed by atoms with Gasteiger partial charge in [0.15, 0.2) is 0 Å². The molecule has 5 heteroatoms. The van der Waals surface area contributed by atoms with Gasteiger partial charge in [0.1, 0.15) is 0 Å². The minimum Gasteiger partial charge on any atom is -0.312 e. The molecule has 1 heterocycles. The van der Waals surface area contributed by atoms with Crippen molar-refractivity contribution in [1.29, 1.82) is 0 Å². The van der Waals surface area contributed by atoms with Crippen LogP contribution >= 0.6 is 0 Å². The van der Waals surface area contributed by atoms with Crippen LogP contribution in [0.5, 0.6) is 0 Å². The standard InChI is InChI=1S/C14H23N3O2/c1-16-10-12(13(18)17(2)14(16)19)9-15-8-11-6-4-3-5-7-11/h10-11,15H,3-9H2,1-2H3. The van der Waals surface area contributed by atoms with Crippen LogP contribution < -0.4 is 16.6 Å². The number of hydrogen-bond acceptors (Lipinski definition) is 3. The van der Waals surface area contributed by atoms with Crippen LogP contribution in [0.3, 0.4) is 0 Å². The zero-order chi connectivity index (χ0) is 13.8. The van der Waals surface area contributed by atoms with Crippen molar-refractivity contribution in [2.75, 3.05) is 6.54 Å². The van der Waals surface area contributed by atoms with Crippen molar-refractivity contribution in [3.05, 3.63) is 32.6 Å². The maximum Gasteiger partial charge on any atom is 0.330 e. The van der Waals surface area contributed by atoms with Crippen LogP contribution in [0.4, 0.5) is 0 Å². The fourth-order valence-electron chi connectivity index (χ4n) is 2.81. The normalized spacial score (nSPS) is 16.7. The molecular formula is C14H23N3O2. The molecule has 0 amide bonds. The lowest BCUT2D eigenvalue weighted by atomic mass is 9.89. The quantitative estimate of drug-likeness (QED) is 0.874. The van der Waals surface area contributed by atoms with Crippen molar-refractivity contribution in [1.82, 2.24) is 14.5 Å². The first-order chi connectivity index (χ1) is 9.09. The van der Waals surface area contributed by atoms with Gasteiger partial charge in [0, 0.05) is 32.4 Å². The number of aromatic nitrogens is 2. The summed E-state index contributed by atoms with van der Waals surface area (Å²) in [5.74, 6) is 0.741. The fourth-order valence-corrected chi connectivity index (χ4v) is 2.81. The van der Waals surface area contributed by atoms with E-state index in [9.17, 15) is 9.59 Å². The van der Waals surface area contributed by atoms with Gasteiger partial charge in [0.2, 0.25) is 0 Å². The van der Waals surface area contributed by atoms with Gasteiger partial charge in [0.05, 0.1) is 0 Å². The van der Waals surface area contributed by atoms with E-state index >= 15 is 0 Å². The third-order valence-electron chi connectivity index (χ3n) is 3.99. The Morgan fingerprint density at radius 3 is 2.58 bits per heavy atom. The highest BCUT2D eigenvalue weighted by Crippen LogP contribution is 2.22. The van der Waals surface area contributed by atoms with E-state index < -0.39 is 0 Å². The Balaban J connectivity index is 1.96. The molecule has 1 aromatic heterocycles. The van der Waals surface area contributed by atoms with E-state index in [1.54, 1.807) is 13.2 Å². The third-order valence-corrected chi connectivity index (χ3v) is 3.99. The van der Waals surface area contributed by atoms with Crippen molar-refractivity contribution >= 4 is 0 Å². The van der Waals surface area contributed by atoms with Gasteiger partial charge in [-0.05, 0) is 25.3 Å². The molecule has 0 aromatic carbocycles. The van der Waals surface area contributed by atoms with Crippen LogP contribution in [0.2, 0.25) is 0 Å². The molecular weight excluding hydrogens is 242 g/mol. The maximum atomic E-state index is 11.9. The molecule has 5 nitrogen and oxygen atoms in total. The van der Waals surface area contributed by atoms with Gasteiger partial charge in [-0.3, -0.25) is 9.36 Å². The lowest BCUT2D eigenvalue weighted by Crippen LogP contribution is -2.39. The van der Waals surface area contributed by atoms with Gasteiger partial charge in [-0.25, -0.2) is 4.79 Å². The van der Waals surface area contributed by atoms with Crippen LogP contribution in [0.25, 0.3) is 0 Å². The van der Waals surface area contributed by atoms with E-state index in [0.29, 0.717) is 12.1 Å². The zero-order valence-corrected chi connectivity index (χ0v) is 11.8. The number of aryl methyl sites for hydroxylation is 1. The molecule has 0 spiro atoms. The molecule has 0 atom stereocenters. The second kappa shape index (κ2) is 6.19. The van der Waals surface area contributed by atoms with Gasteiger partial charge in [-0.2, -0.15) is 0 Å². The predicted octanol–water partition coefficient (Wildman–Crippen LogP) is 0.754. The average molecular weight is 265 g/mol. The molecule has 1 aromatic rings. The molecule has 0 saturated heterocycles. The van der Waals surface area contributed by atoms with E-state index in [1.807, 2.05) is 0 Å². The van der Waals surface area contributed by atoms with Crippen LogP contribution in [0.1, 0.15) is 37.7 Å². The summed E-state index contributed by atoms with van der Waals surface area (Å²) < 4.78 is 2.62. The molecule has 1 fully saturated rings. The molecule has 106 valence electrons. The van der Waals surface area contributed by atoms with Crippen molar-refractivity contribution in [3.63, 3.8) is 0 Å². The predicted molar refractivity (Wildman–Crippen MR) is 75.2 cm³/mol. The number of rotatable bonds is 4. The highest BCUT2D eigenvalue weighted by Gasteiger charge is 2.13. The summed E-state index contributed by atoms with van der Waals surface area (Å²) in [6.07, 6.45) is 8.23. The fraction of sp³-hybridized carbons (Fsp3) is 0.714. The Kier molecular flexibility index (Phi) is 4.58. The Hall–Kier alpha value is -1.36. The van der Waals surface area contributed by atoms with E-state index in [4.69, 9.17) is 0 Å². The summed E-state index contributed by atoms with van der Waals surface area (Å²) >= 11 is 0. The summed E-state index contributed by atoms with van der Waals surface area (Å²) in [5, 5.41) is 3.36. The summed E-state index contributed by atoms with van der Waals surface area (Å²) in [7, 11) is 3.20. The molecule has 1 saturated carbocycles. The summed E-state index contributed by atoms with van der Waals surface area (Å²) in [4.78, 5) is 23.5. The molecule has 2 rings (SSSR count). The highest BCUT2D eigenvalue weighted by molar-refractivity contribution is 5.05. The second-order valence-corrected chi connectivity index (χ2v) is 5.55. The van der Waals surface area contributed by atoms with Gasteiger partial charge in [-0.15, -0.1) is 0 Å². The first-order valence-electron chi connectivity index (χ1n) is 7.06. The van der Waals surface area contributed by atoms with Crippen molar-refractivity contribution in [2.24, 2.45) is 20.0 Å². The monoisotopic (exact) mass is 265 g/mol. The molecule has 19 heavy (non-hydrogen) atoms. The summed E-state index contributed by atoms with van der Waals surface area (Å²) in [6, 6.07) is 0. The highest BCUT2D eigenvalue weighted by atomic mass is 16.2. The van der Waals surface area contributed by atoms with Gasteiger partial charge in [0.25, 0.3) is 5.56 Å². The Bertz CT molecular complexity index is 539. The van der Waals surface area contributed by atoms with E-state index in [1.165, 1.54) is 43.7 Å². The van der Waals surface area contributed by atoms with Gasteiger partial charge >= 0.3 is 5.69 Å².